The Labute approximate surface area is 155 Å². The molecule has 0 bridgehead atoms. The number of hydrogen-bond donors (Lipinski definition) is 0. The van der Waals surface area contributed by atoms with Gasteiger partial charge in [-0.3, -0.25) is 0 Å². The molecular weight excluding hydrogens is 354 g/mol. The van der Waals surface area contributed by atoms with Crippen molar-refractivity contribution in [2.45, 2.75) is 5.92 Å². The Morgan fingerprint density at radius 1 is 0.852 bits per heavy atom. The Morgan fingerprint density at radius 2 is 1.44 bits per heavy atom. The van der Waals surface area contributed by atoms with Crippen LogP contribution in [0.4, 0.5) is 8.78 Å². The minimum Gasteiger partial charge on any atom is -0.490 e. The molecule has 0 aliphatic heterocycles. The van der Waals surface area contributed by atoms with E-state index >= 15 is 0 Å². The number of benzene rings is 3. The van der Waals surface area contributed by atoms with E-state index in [1.54, 1.807) is 0 Å². The van der Waals surface area contributed by atoms with E-state index in [9.17, 15) is 13.6 Å². The van der Waals surface area contributed by atoms with Gasteiger partial charge < -0.3 is 14.2 Å². The Bertz CT molecular complexity index is 923. The van der Waals surface area contributed by atoms with Gasteiger partial charge in [0, 0.05) is 5.56 Å². The summed E-state index contributed by atoms with van der Waals surface area (Å²) in [4.78, 5) is 11.1. The minimum atomic E-state index is -3.69. The van der Waals surface area contributed by atoms with Gasteiger partial charge in [0.05, 0.1) is 7.11 Å². The second-order valence-corrected chi connectivity index (χ2v) is 5.80. The molecule has 0 N–H and O–H groups in total. The van der Waals surface area contributed by atoms with Crippen molar-refractivity contribution in [2.24, 2.45) is 0 Å². The number of methoxy groups -OCH3 is 1. The van der Waals surface area contributed by atoms with Crippen molar-refractivity contribution in [1.82, 2.24) is 0 Å². The average Bonchev–Trinajstić information content (AvgIpc) is 2.70. The summed E-state index contributed by atoms with van der Waals surface area (Å²) in [7, 11) is 0.920. The summed E-state index contributed by atoms with van der Waals surface area (Å²) < 4.78 is 42.8. The van der Waals surface area contributed by atoms with Gasteiger partial charge in [-0.2, -0.15) is 8.78 Å². The van der Waals surface area contributed by atoms with Crippen molar-refractivity contribution < 1.29 is 27.8 Å². The van der Waals surface area contributed by atoms with Crippen LogP contribution in [-0.2, 0) is 15.5 Å². The zero-order chi connectivity index (χ0) is 19.3. The van der Waals surface area contributed by atoms with E-state index in [4.69, 9.17) is 9.47 Å². The maximum absolute atomic E-state index is 13.8. The van der Waals surface area contributed by atoms with Crippen molar-refractivity contribution in [3.05, 3.63) is 72.3 Å². The van der Waals surface area contributed by atoms with Gasteiger partial charge in [-0.15, -0.1) is 0 Å². The van der Waals surface area contributed by atoms with Gasteiger partial charge in [0.2, 0.25) is 0 Å². The number of hydrogen-bond acceptors (Lipinski definition) is 4. The molecule has 0 saturated carbocycles. The molecule has 0 spiro atoms. The van der Waals surface area contributed by atoms with Crippen molar-refractivity contribution in [2.75, 3.05) is 20.3 Å². The lowest BCUT2D eigenvalue weighted by Crippen LogP contribution is -2.27. The quantitative estimate of drug-likeness (QED) is 0.450. The number of carbonyl (C=O) groups excluding carboxylic acids is 1. The van der Waals surface area contributed by atoms with Crippen LogP contribution >= 0.6 is 0 Å². The highest BCUT2D eigenvalue weighted by Crippen LogP contribution is 2.30. The van der Waals surface area contributed by atoms with Crippen LogP contribution in [0, 0.1) is 0 Å². The van der Waals surface area contributed by atoms with E-state index in [0.29, 0.717) is 12.4 Å². The van der Waals surface area contributed by atoms with Crippen LogP contribution in [-0.4, -0.2) is 26.3 Å². The lowest BCUT2D eigenvalue weighted by atomic mass is 10.1. The van der Waals surface area contributed by atoms with Crippen LogP contribution in [0.1, 0.15) is 5.56 Å². The molecule has 0 fully saturated rings. The fourth-order valence-electron chi connectivity index (χ4n) is 2.58. The maximum atomic E-state index is 13.8. The molecule has 0 saturated heterocycles. The summed E-state index contributed by atoms with van der Waals surface area (Å²) >= 11 is 0. The molecule has 0 aromatic heterocycles. The van der Waals surface area contributed by atoms with Gasteiger partial charge in [0.1, 0.15) is 24.7 Å². The maximum Gasteiger partial charge on any atom is 0.381 e. The predicted molar refractivity (Wildman–Crippen MR) is 97.3 cm³/mol. The van der Waals surface area contributed by atoms with Crippen molar-refractivity contribution in [3.8, 4) is 11.5 Å². The Balaban J connectivity index is 1.52. The number of carbonyl (C=O) groups is 1. The largest absolute Gasteiger partial charge is 0.490 e. The van der Waals surface area contributed by atoms with Crippen molar-refractivity contribution in [3.63, 3.8) is 0 Å². The molecule has 0 aliphatic carbocycles. The summed E-state index contributed by atoms with van der Waals surface area (Å²) in [5, 5.41) is 2.21. The number of fused-ring (bicyclic) bond motifs is 1. The van der Waals surface area contributed by atoms with Crippen LogP contribution in [0.25, 0.3) is 10.8 Å². The Kier molecular flexibility index (Phi) is 5.54. The highest BCUT2D eigenvalue weighted by atomic mass is 19.3. The molecule has 3 aromatic carbocycles. The predicted octanol–water partition coefficient (Wildman–Crippen LogP) is 4.56. The van der Waals surface area contributed by atoms with E-state index in [2.05, 4.69) is 4.74 Å². The first-order valence-electron chi connectivity index (χ1n) is 8.32. The number of rotatable bonds is 7. The molecule has 0 unspecified atom stereocenters. The second kappa shape index (κ2) is 8.03. The van der Waals surface area contributed by atoms with Crippen molar-refractivity contribution in [1.29, 1.82) is 0 Å². The number of ether oxygens (including phenoxy) is 3. The highest BCUT2D eigenvalue weighted by molar-refractivity contribution is 5.83. The summed E-state index contributed by atoms with van der Waals surface area (Å²) in [5.74, 6) is -4.15. The second-order valence-electron chi connectivity index (χ2n) is 5.80. The number of halogens is 2. The third-order valence-electron chi connectivity index (χ3n) is 4.00. The fourth-order valence-corrected chi connectivity index (χ4v) is 2.58. The first-order valence-corrected chi connectivity index (χ1v) is 8.32. The van der Waals surface area contributed by atoms with E-state index in [1.807, 2.05) is 42.5 Å². The summed E-state index contributed by atoms with van der Waals surface area (Å²) in [6.07, 6.45) is 0. The van der Waals surface area contributed by atoms with Crippen molar-refractivity contribution >= 4 is 16.7 Å². The molecule has 0 radical (unpaired) electrons. The zero-order valence-electron chi connectivity index (χ0n) is 14.7. The van der Waals surface area contributed by atoms with Gasteiger partial charge in [-0.1, -0.05) is 30.3 Å². The monoisotopic (exact) mass is 372 g/mol. The van der Waals surface area contributed by atoms with Crippen LogP contribution < -0.4 is 9.47 Å². The smallest absolute Gasteiger partial charge is 0.381 e. The molecule has 3 rings (SSSR count). The van der Waals surface area contributed by atoms with E-state index < -0.39 is 17.5 Å². The van der Waals surface area contributed by atoms with Crippen LogP contribution in [0.5, 0.6) is 11.5 Å². The third kappa shape index (κ3) is 4.34. The SMILES string of the molecule is COC(=O)C(F)(F)c1ccc(OCCOc2ccc3ccccc3c2)cc1. The lowest BCUT2D eigenvalue weighted by molar-refractivity contribution is -0.170. The standard InChI is InChI=1S/C21H18F2O4/c1-25-20(24)21(22,23)17-7-10-18(11-8-17)26-12-13-27-19-9-6-15-4-2-3-5-16(15)14-19/h2-11,14H,12-13H2,1H3. The Hall–Kier alpha value is -3.15. The zero-order valence-corrected chi connectivity index (χ0v) is 14.7. The molecular formula is C21H18F2O4. The topological polar surface area (TPSA) is 44.8 Å². The van der Waals surface area contributed by atoms with E-state index in [-0.39, 0.29) is 6.61 Å². The normalized spacial score (nSPS) is 11.2. The van der Waals surface area contributed by atoms with Crippen LogP contribution in [0.2, 0.25) is 0 Å². The summed E-state index contributed by atoms with van der Waals surface area (Å²) in [6.45, 7) is 0.554. The molecule has 0 amide bonds. The average molecular weight is 372 g/mol. The molecule has 0 aliphatic rings. The summed E-state index contributed by atoms with van der Waals surface area (Å²) in [5.41, 5.74) is -0.450. The molecule has 6 heteroatoms. The van der Waals surface area contributed by atoms with Gasteiger partial charge >= 0.3 is 11.9 Å². The molecule has 27 heavy (non-hydrogen) atoms. The van der Waals surface area contributed by atoms with Crippen LogP contribution in [0.3, 0.4) is 0 Å². The summed E-state index contributed by atoms with van der Waals surface area (Å²) in [6, 6.07) is 18.8. The molecule has 0 heterocycles. The van der Waals surface area contributed by atoms with Gasteiger partial charge in [0.25, 0.3) is 0 Å². The fraction of sp³-hybridized carbons (Fsp3) is 0.190. The number of esters is 1. The van der Waals surface area contributed by atoms with Crippen LogP contribution in [0.15, 0.2) is 66.7 Å². The minimum absolute atomic E-state index is 0.250. The van der Waals surface area contributed by atoms with Gasteiger partial charge in [-0.25, -0.2) is 4.79 Å². The van der Waals surface area contributed by atoms with E-state index in [0.717, 1.165) is 35.8 Å². The molecule has 3 aromatic rings. The Morgan fingerprint density at radius 3 is 2.11 bits per heavy atom. The lowest BCUT2D eigenvalue weighted by Gasteiger charge is -2.14. The van der Waals surface area contributed by atoms with Gasteiger partial charge in [0.15, 0.2) is 0 Å². The third-order valence-corrected chi connectivity index (χ3v) is 4.00. The van der Waals surface area contributed by atoms with E-state index in [1.165, 1.54) is 12.1 Å². The molecule has 4 nitrogen and oxygen atoms in total. The molecule has 0 atom stereocenters. The highest BCUT2D eigenvalue weighted by Gasteiger charge is 2.42. The first kappa shape index (κ1) is 18.6. The first-order chi connectivity index (χ1) is 13.0. The molecule has 140 valence electrons. The van der Waals surface area contributed by atoms with Gasteiger partial charge in [-0.05, 0) is 47.2 Å². The number of alkyl halides is 2.